The van der Waals surface area contributed by atoms with Crippen molar-refractivity contribution in [2.24, 2.45) is 0 Å². The van der Waals surface area contributed by atoms with Crippen molar-refractivity contribution in [3.05, 3.63) is 59.4 Å². The van der Waals surface area contributed by atoms with Crippen LogP contribution in [-0.2, 0) is 22.6 Å². The van der Waals surface area contributed by atoms with E-state index < -0.39 is 6.04 Å². The van der Waals surface area contributed by atoms with Gasteiger partial charge in [-0.25, -0.2) is 4.39 Å². The van der Waals surface area contributed by atoms with Gasteiger partial charge in [-0.05, 0) is 61.6 Å². The molecule has 7 heteroatoms. The molecule has 1 aliphatic carbocycles. The molecule has 0 radical (unpaired) electrons. The first-order chi connectivity index (χ1) is 16.0. The topological polar surface area (TPSA) is 67.9 Å². The lowest BCUT2D eigenvalue weighted by Crippen LogP contribution is -2.50. The van der Waals surface area contributed by atoms with Gasteiger partial charge in [0.15, 0.2) is 11.5 Å². The third kappa shape index (κ3) is 6.03. The first-order valence-electron chi connectivity index (χ1n) is 11.7. The normalized spacial score (nSPS) is 16.3. The van der Waals surface area contributed by atoms with Crippen LogP contribution in [0.2, 0.25) is 0 Å². The Balaban J connectivity index is 1.44. The quantitative estimate of drug-likeness (QED) is 0.644. The lowest BCUT2D eigenvalue weighted by molar-refractivity contribution is -0.141. The first kappa shape index (κ1) is 23.1. The maximum absolute atomic E-state index is 13.4. The summed E-state index contributed by atoms with van der Waals surface area (Å²) >= 11 is 0. The summed E-state index contributed by atoms with van der Waals surface area (Å²) < 4.78 is 24.1. The number of hydrogen-bond acceptors (Lipinski definition) is 4. The number of amides is 2. The minimum absolute atomic E-state index is 0.122. The number of aryl methyl sites for hydroxylation is 1. The first-order valence-corrected chi connectivity index (χ1v) is 11.7. The van der Waals surface area contributed by atoms with Crippen molar-refractivity contribution in [3.8, 4) is 11.5 Å². The minimum Gasteiger partial charge on any atom is -0.454 e. The van der Waals surface area contributed by atoms with Crippen LogP contribution >= 0.6 is 0 Å². The summed E-state index contributed by atoms with van der Waals surface area (Å²) in [5.74, 6) is 0.797. The summed E-state index contributed by atoms with van der Waals surface area (Å²) in [6.45, 7) is 2.22. The number of nitrogens with one attached hydrogen (secondary N) is 1. The summed E-state index contributed by atoms with van der Waals surface area (Å²) in [5, 5.41) is 3.13. The molecule has 176 valence electrons. The Hall–Kier alpha value is -3.09. The zero-order valence-electron chi connectivity index (χ0n) is 19.0. The highest BCUT2D eigenvalue weighted by Gasteiger charge is 2.28. The van der Waals surface area contributed by atoms with Gasteiger partial charge in [-0.2, -0.15) is 0 Å². The van der Waals surface area contributed by atoms with E-state index in [4.69, 9.17) is 9.47 Å². The van der Waals surface area contributed by atoms with Crippen LogP contribution in [0.15, 0.2) is 42.5 Å². The highest BCUT2D eigenvalue weighted by atomic mass is 19.1. The average molecular weight is 455 g/mol. The molecule has 2 aromatic carbocycles. The van der Waals surface area contributed by atoms with E-state index in [1.165, 1.54) is 18.6 Å². The fourth-order valence-corrected chi connectivity index (χ4v) is 4.43. The van der Waals surface area contributed by atoms with E-state index in [0.717, 1.165) is 36.8 Å². The second-order valence-electron chi connectivity index (χ2n) is 8.86. The van der Waals surface area contributed by atoms with E-state index >= 15 is 0 Å². The van der Waals surface area contributed by atoms with Gasteiger partial charge < -0.3 is 19.7 Å². The molecule has 1 fully saturated rings. The van der Waals surface area contributed by atoms with E-state index in [1.54, 1.807) is 24.0 Å². The summed E-state index contributed by atoms with van der Waals surface area (Å²) in [6.07, 6.45) is 6.17. The molecule has 1 saturated carbocycles. The molecule has 0 saturated heterocycles. The predicted molar refractivity (Wildman–Crippen MR) is 122 cm³/mol. The van der Waals surface area contributed by atoms with E-state index in [2.05, 4.69) is 5.32 Å². The largest absolute Gasteiger partial charge is 0.454 e. The Labute approximate surface area is 194 Å². The van der Waals surface area contributed by atoms with Crippen molar-refractivity contribution in [1.82, 2.24) is 10.2 Å². The van der Waals surface area contributed by atoms with E-state index in [1.807, 2.05) is 18.2 Å². The van der Waals surface area contributed by atoms with Gasteiger partial charge in [0.1, 0.15) is 11.9 Å². The Morgan fingerprint density at radius 2 is 1.73 bits per heavy atom. The maximum atomic E-state index is 13.4. The van der Waals surface area contributed by atoms with Crippen LogP contribution in [0.5, 0.6) is 11.5 Å². The number of nitrogens with zero attached hydrogens (tertiary/aromatic N) is 1. The fourth-order valence-electron chi connectivity index (χ4n) is 4.43. The molecule has 6 nitrogen and oxygen atoms in total. The van der Waals surface area contributed by atoms with Crippen LogP contribution < -0.4 is 14.8 Å². The number of rotatable bonds is 8. The number of carbonyl (C=O) groups excluding carboxylic acids is 2. The van der Waals surface area contributed by atoms with Crippen molar-refractivity contribution in [3.63, 3.8) is 0 Å². The predicted octanol–water partition coefficient (Wildman–Crippen LogP) is 4.35. The van der Waals surface area contributed by atoms with Crippen LogP contribution in [0.3, 0.4) is 0 Å². The molecule has 0 spiro atoms. The van der Waals surface area contributed by atoms with Crippen LogP contribution in [0.25, 0.3) is 0 Å². The van der Waals surface area contributed by atoms with Crippen molar-refractivity contribution in [2.75, 3.05) is 6.79 Å². The molecule has 0 unspecified atom stereocenters. The summed E-state index contributed by atoms with van der Waals surface area (Å²) in [4.78, 5) is 27.9. The molecule has 2 aliphatic rings. The molecule has 2 amide bonds. The highest BCUT2D eigenvalue weighted by molar-refractivity contribution is 5.87. The van der Waals surface area contributed by atoms with Gasteiger partial charge in [-0.3, -0.25) is 9.59 Å². The molecule has 0 aromatic heterocycles. The number of ether oxygens (including phenoxy) is 2. The van der Waals surface area contributed by atoms with Gasteiger partial charge in [0.2, 0.25) is 18.6 Å². The SMILES string of the molecule is C[C@@H](C(=O)NC1CCCCC1)N(Cc1ccc(F)cc1)C(=O)CCc1ccc2c(c1)OCO2. The van der Waals surface area contributed by atoms with Gasteiger partial charge in [0.25, 0.3) is 0 Å². The highest BCUT2D eigenvalue weighted by Crippen LogP contribution is 2.32. The molecule has 1 aliphatic heterocycles. The van der Waals surface area contributed by atoms with Gasteiger partial charge in [-0.1, -0.05) is 37.5 Å². The van der Waals surface area contributed by atoms with Crippen LogP contribution in [0.1, 0.15) is 56.6 Å². The zero-order chi connectivity index (χ0) is 23.2. The van der Waals surface area contributed by atoms with Gasteiger partial charge in [0.05, 0.1) is 0 Å². The van der Waals surface area contributed by atoms with Crippen LogP contribution in [0, 0.1) is 5.82 Å². The third-order valence-electron chi connectivity index (χ3n) is 6.45. The molecular weight excluding hydrogens is 423 g/mol. The van der Waals surface area contributed by atoms with Gasteiger partial charge >= 0.3 is 0 Å². The number of fused-ring (bicyclic) bond motifs is 1. The molecule has 33 heavy (non-hydrogen) atoms. The number of carbonyl (C=O) groups is 2. The van der Waals surface area contributed by atoms with Gasteiger partial charge in [-0.15, -0.1) is 0 Å². The van der Waals surface area contributed by atoms with Crippen molar-refractivity contribution in [1.29, 1.82) is 0 Å². The Morgan fingerprint density at radius 3 is 2.48 bits per heavy atom. The Morgan fingerprint density at radius 1 is 1.03 bits per heavy atom. The molecular formula is C26H31FN2O4. The third-order valence-corrected chi connectivity index (χ3v) is 6.45. The molecule has 1 heterocycles. The monoisotopic (exact) mass is 454 g/mol. The molecule has 0 bridgehead atoms. The zero-order valence-corrected chi connectivity index (χ0v) is 19.0. The van der Waals surface area contributed by atoms with Crippen LogP contribution in [-0.4, -0.2) is 35.6 Å². The van der Waals surface area contributed by atoms with Crippen LogP contribution in [0.4, 0.5) is 4.39 Å². The maximum Gasteiger partial charge on any atom is 0.242 e. The molecule has 1 atom stereocenters. The second-order valence-corrected chi connectivity index (χ2v) is 8.86. The summed E-state index contributed by atoms with van der Waals surface area (Å²) in [7, 11) is 0. The van der Waals surface area contributed by atoms with E-state index in [0.29, 0.717) is 17.9 Å². The van der Waals surface area contributed by atoms with E-state index in [-0.39, 0.29) is 43.4 Å². The Bertz CT molecular complexity index is 973. The van der Waals surface area contributed by atoms with Crippen molar-refractivity contribution < 1.29 is 23.5 Å². The van der Waals surface area contributed by atoms with Gasteiger partial charge in [0, 0.05) is 19.0 Å². The standard InChI is InChI=1S/C26H31FN2O4/c1-18(26(31)28-22-5-3-2-4-6-22)29(16-20-7-11-21(27)12-8-20)25(30)14-10-19-9-13-23-24(15-19)33-17-32-23/h7-9,11-13,15,18,22H,2-6,10,14,16-17H2,1H3,(H,28,31)/t18-/m0/s1. The number of halogens is 1. The molecule has 1 N–H and O–H groups in total. The van der Waals surface area contributed by atoms with Crippen molar-refractivity contribution in [2.45, 2.75) is 70.5 Å². The van der Waals surface area contributed by atoms with Crippen molar-refractivity contribution >= 4 is 11.8 Å². The molecule has 4 rings (SSSR count). The lowest BCUT2D eigenvalue weighted by Gasteiger charge is -2.31. The average Bonchev–Trinajstić information content (AvgIpc) is 3.30. The lowest BCUT2D eigenvalue weighted by atomic mass is 9.95. The van der Waals surface area contributed by atoms with E-state index in [9.17, 15) is 14.0 Å². The smallest absolute Gasteiger partial charge is 0.242 e. The second kappa shape index (κ2) is 10.7. The Kier molecular flexibility index (Phi) is 7.47. The summed E-state index contributed by atoms with van der Waals surface area (Å²) in [6, 6.07) is 11.3. The molecule has 2 aromatic rings. The minimum atomic E-state index is -0.624. The summed E-state index contributed by atoms with van der Waals surface area (Å²) in [5.41, 5.74) is 1.75. The number of benzene rings is 2. The fraction of sp³-hybridized carbons (Fsp3) is 0.462. The number of hydrogen-bond donors (Lipinski definition) is 1.